The Labute approximate surface area is 176 Å². The zero-order chi connectivity index (χ0) is 21.3. The lowest BCUT2D eigenvalue weighted by atomic mass is 9.95. The van der Waals surface area contributed by atoms with E-state index in [1.165, 1.54) is 11.4 Å². The molecule has 0 saturated heterocycles. The Hall–Kier alpha value is -3.38. The van der Waals surface area contributed by atoms with E-state index >= 15 is 0 Å². The first kappa shape index (κ1) is 19.9. The van der Waals surface area contributed by atoms with Gasteiger partial charge in [-0.25, -0.2) is 8.42 Å². The number of sulfonamides is 1. The normalized spacial score (nSPS) is 14.9. The minimum absolute atomic E-state index is 0.255. The third kappa shape index (κ3) is 3.39. The van der Waals surface area contributed by atoms with E-state index in [0.29, 0.717) is 28.1 Å². The fourth-order valence-corrected chi connectivity index (χ4v) is 5.07. The molecule has 1 aliphatic rings. The highest BCUT2D eigenvalue weighted by molar-refractivity contribution is 7.97. The molecule has 1 amide bonds. The summed E-state index contributed by atoms with van der Waals surface area (Å²) in [5, 5.41) is 2.77. The van der Waals surface area contributed by atoms with Crippen LogP contribution in [0.25, 0.3) is 5.57 Å². The largest absolute Gasteiger partial charge is 0.321 e. The Morgan fingerprint density at radius 1 is 0.900 bits per heavy atom. The molecule has 0 aromatic heterocycles. The number of rotatable bonds is 4. The Bertz CT molecular complexity index is 1230. The summed E-state index contributed by atoms with van der Waals surface area (Å²) in [6.07, 6.45) is 0.882. The Morgan fingerprint density at radius 3 is 2.20 bits per heavy atom. The summed E-state index contributed by atoms with van der Waals surface area (Å²) in [7, 11) is -2.57. The van der Waals surface area contributed by atoms with Crippen molar-refractivity contribution in [3.05, 3.63) is 100 Å². The number of carbonyl (C=O) groups is 1. The summed E-state index contributed by atoms with van der Waals surface area (Å²) in [5.74, 6) is -0.653. The van der Waals surface area contributed by atoms with Crippen molar-refractivity contribution in [2.24, 2.45) is 0 Å². The van der Waals surface area contributed by atoms with Gasteiger partial charge in [0.15, 0.2) is 4.91 Å². The van der Waals surface area contributed by atoms with Crippen molar-refractivity contribution in [3.63, 3.8) is 0 Å². The molecule has 0 atom stereocenters. The highest BCUT2D eigenvalue weighted by atomic mass is 32.2. The molecule has 1 N–H and O–H groups in total. The first-order valence-corrected chi connectivity index (χ1v) is 11.2. The number of aryl methyl sites for hydroxylation is 1. The summed E-state index contributed by atoms with van der Waals surface area (Å²) in [6, 6.07) is 23.8. The smallest absolute Gasteiger partial charge is 0.270 e. The molecule has 1 aliphatic heterocycles. The van der Waals surface area contributed by atoms with E-state index in [2.05, 4.69) is 5.32 Å². The molecule has 0 spiro atoms. The molecular weight excluding hydrogens is 396 g/mol. The third-order valence-electron chi connectivity index (χ3n) is 5.25. The molecule has 6 heteroatoms. The van der Waals surface area contributed by atoms with Gasteiger partial charge in [-0.1, -0.05) is 67.6 Å². The number of nitrogens with zero attached hydrogens (tertiary/aromatic N) is 1. The van der Waals surface area contributed by atoms with E-state index in [0.717, 1.165) is 12.0 Å². The van der Waals surface area contributed by atoms with Gasteiger partial charge >= 0.3 is 0 Å². The number of amides is 1. The number of anilines is 2. The first-order chi connectivity index (χ1) is 14.4. The number of carbonyl (C=O) groups excluding carboxylic acids is 1. The highest BCUT2D eigenvalue weighted by Crippen LogP contribution is 2.42. The van der Waals surface area contributed by atoms with E-state index < -0.39 is 15.9 Å². The van der Waals surface area contributed by atoms with Crippen LogP contribution in [0.15, 0.2) is 83.8 Å². The highest BCUT2D eigenvalue weighted by Gasteiger charge is 2.39. The van der Waals surface area contributed by atoms with Gasteiger partial charge in [0.05, 0.1) is 5.69 Å². The Morgan fingerprint density at radius 2 is 1.53 bits per heavy atom. The second-order valence-electron chi connectivity index (χ2n) is 7.06. The molecule has 0 fully saturated rings. The van der Waals surface area contributed by atoms with Gasteiger partial charge in [-0.05, 0) is 35.7 Å². The van der Waals surface area contributed by atoms with Crippen molar-refractivity contribution in [2.45, 2.75) is 13.3 Å². The van der Waals surface area contributed by atoms with Crippen molar-refractivity contribution < 1.29 is 13.2 Å². The lowest BCUT2D eigenvalue weighted by Gasteiger charge is -2.30. The maximum absolute atomic E-state index is 13.4. The summed E-state index contributed by atoms with van der Waals surface area (Å²) < 4.78 is 28.0. The van der Waals surface area contributed by atoms with Gasteiger partial charge in [-0.15, -0.1) is 0 Å². The van der Waals surface area contributed by atoms with E-state index in [4.69, 9.17) is 0 Å². The number of nitrogens with one attached hydrogen (secondary N) is 1. The average molecular weight is 419 g/mol. The Kier molecular flexibility index (Phi) is 5.18. The van der Waals surface area contributed by atoms with Gasteiger partial charge in [-0.3, -0.25) is 9.10 Å². The van der Waals surface area contributed by atoms with Crippen molar-refractivity contribution in [3.8, 4) is 0 Å². The number of para-hydroxylation sites is 1. The van der Waals surface area contributed by atoms with Crippen LogP contribution < -0.4 is 9.62 Å². The number of benzene rings is 3. The van der Waals surface area contributed by atoms with Gasteiger partial charge < -0.3 is 5.32 Å². The van der Waals surface area contributed by atoms with Gasteiger partial charge in [0, 0.05) is 23.9 Å². The molecule has 0 aliphatic carbocycles. The predicted octanol–water partition coefficient (Wildman–Crippen LogP) is 4.43. The predicted molar refractivity (Wildman–Crippen MR) is 121 cm³/mol. The van der Waals surface area contributed by atoms with Crippen LogP contribution in [0.2, 0.25) is 0 Å². The quantitative estimate of drug-likeness (QED) is 0.682. The van der Waals surface area contributed by atoms with Crippen molar-refractivity contribution in [1.82, 2.24) is 0 Å². The monoisotopic (exact) mass is 418 g/mol. The van der Waals surface area contributed by atoms with Crippen molar-refractivity contribution in [2.75, 3.05) is 16.7 Å². The third-order valence-corrected chi connectivity index (χ3v) is 7.07. The SMILES string of the molecule is CCc1ccc(NC(=O)C2=C(c3ccccc3)c3ccccc3N(C)S2(=O)=O)cc1. The summed E-state index contributed by atoms with van der Waals surface area (Å²) >= 11 is 0. The molecule has 1 heterocycles. The fourth-order valence-electron chi connectivity index (χ4n) is 3.61. The van der Waals surface area contributed by atoms with Crippen LogP contribution in [-0.4, -0.2) is 21.4 Å². The maximum Gasteiger partial charge on any atom is 0.270 e. The molecule has 3 aromatic carbocycles. The molecule has 3 aromatic rings. The second-order valence-corrected chi connectivity index (χ2v) is 8.97. The van der Waals surface area contributed by atoms with E-state index in [1.54, 1.807) is 24.3 Å². The van der Waals surface area contributed by atoms with Crippen molar-refractivity contribution in [1.29, 1.82) is 0 Å². The minimum Gasteiger partial charge on any atom is -0.321 e. The standard InChI is InChI=1S/C24H22N2O3S/c1-3-17-13-15-19(16-14-17)25-24(27)23-22(18-9-5-4-6-10-18)20-11-7-8-12-21(20)26(2)30(23,28)29/h4-16H,3H2,1-2H3,(H,25,27). The molecule has 4 rings (SSSR count). The molecule has 152 valence electrons. The van der Waals surface area contributed by atoms with Gasteiger partial charge in [-0.2, -0.15) is 0 Å². The van der Waals surface area contributed by atoms with Crippen LogP contribution in [-0.2, 0) is 21.2 Å². The average Bonchev–Trinajstić information content (AvgIpc) is 2.77. The number of hydrogen-bond donors (Lipinski definition) is 1. The van der Waals surface area contributed by atoms with Crippen molar-refractivity contribution >= 4 is 32.9 Å². The Balaban J connectivity index is 1.91. The van der Waals surface area contributed by atoms with E-state index in [1.807, 2.05) is 61.5 Å². The van der Waals surface area contributed by atoms with Gasteiger partial charge in [0.25, 0.3) is 15.9 Å². The summed E-state index contributed by atoms with van der Waals surface area (Å²) in [5.41, 5.74) is 4.01. The molecule has 0 radical (unpaired) electrons. The lowest BCUT2D eigenvalue weighted by molar-refractivity contribution is -0.112. The zero-order valence-corrected chi connectivity index (χ0v) is 17.6. The molecule has 0 bridgehead atoms. The minimum atomic E-state index is -4.04. The fraction of sp³-hybridized carbons (Fsp3) is 0.125. The van der Waals surface area contributed by atoms with Gasteiger partial charge in [0.2, 0.25) is 0 Å². The number of hydrogen-bond acceptors (Lipinski definition) is 3. The van der Waals surface area contributed by atoms with Crippen LogP contribution in [0, 0.1) is 0 Å². The molecule has 5 nitrogen and oxygen atoms in total. The second kappa shape index (κ2) is 7.80. The number of fused-ring (bicyclic) bond motifs is 1. The first-order valence-electron chi connectivity index (χ1n) is 9.72. The van der Waals surface area contributed by atoms with Crippen LogP contribution in [0.5, 0.6) is 0 Å². The summed E-state index contributed by atoms with van der Waals surface area (Å²) in [6.45, 7) is 2.05. The molecule has 0 saturated carbocycles. The topological polar surface area (TPSA) is 66.5 Å². The molecular formula is C24H22N2O3S. The summed E-state index contributed by atoms with van der Waals surface area (Å²) in [4.78, 5) is 13.0. The lowest BCUT2D eigenvalue weighted by Crippen LogP contribution is -2.37. The zero-order valence-electron chi connectivity index (χ0n) is 16.8. The molecule has 0 unspecified atom stereocenters. The van der Waals surface area contributed by atoms with Crippen LogP contribution >= 0.6 is 0 Å². The maximum atomic E-state index is 13.4. The van der Waals surface area contributed by atoms with E-state index in [-0.39, 0.29) is 4.91 Å². The van der Waals surface area contributed by atoms with Crippen LogP contribution in [0.4, 0.5) is 11.4 Å². The van der Waals surface area contributed by atoms with E-state index in [9.17, 15) is 13.2 Å². The molecule has 30 heavy (non-hydrogen) atoms. The van der Waals surface area contributed by atoms with Crippen LogP contribution in [0.3, 0.4) is 0 Å². The van der Waals surface area contributed by atoms with Crippen LogP contribution in [0.1, 0.15) is 23.6 Å². The van der Waals surface area contributed by atoms with Gasteiger partial charge in [0.1, 0.15) is 0 Å².